The average molecular weight is 338 g/mol. The van der Waals surface area contributed by atoms with Crippen LogP contribution in [0.1, 0.15) is 37.8 Å². The van der Waals surface area contributed by atoms with Gasteiger partial charge in [-0.25, -0.2) is 9.97 Å². The molecule has 1 aliphatic heterocycles. The molecule has 2 aliphatic rings. The molecule has 2 aromatic rings. The molecule has 0 saturated heterocycles. The van der Waals surface area contributed by atoms with Crippen LogP contribution in [0.3, 0.4) is 0 Å². The number of aromatic amines is 1. The largest absolute Gasteiger partial charge is 0.372 e. The van der Waals surface area contributed by atoms with Crippen molar-refractivity contribution in [2.75, 3.05) is 7.05 Å². The number of aliphatic hydroxyl groups is 1. The maximum absolute atomic E-state index is 10.8. The highest BCUT2D eigenvalue weighted by Gasteiger charge is 2.38. The Bertz CT molecular complexity index is 831. The molecule has 0 aromatic carbocycles. The molecule has 2 aromatic heterocycles. The summed E-state index contributed by atoms with van der Waals surface area (Å²) < 4.78 is 0. The second kappa shape index (κ2) is 6.47. The van der Waals surface area contributed by atoms with E-state index in [1.54, 1.807) is 0 Å². The number of likely N-dealkylation sites (N-methyl/N-ethyl adjacent to an activating group) is 1. The fourth-order valence-electron chi connectivity index (χ4n) is 4.16. The quantitative estimate of drug-likeness (QED) is 0.888. The lowest BCUT2D eigenvalue weighted by molar-refractivity contribution is -0.0787. The minimum atomic E-state index is -0.782. The van der Waals surface area contributed by atoms with Crippen LogP contribution >= 0.6 is 0 Å². The zero-order valence-electron chi connectivity index (χ0n) is 14.3. The van der Waals surface area contributed by atoms with Gasteiger partial charge < -0.3 is 15.1 Å². The summed E-state index contributed by atoms with van der Waals surface area (Å²) in [6.07, 6.45) is 9.69. The highest BCUT2D eigenvalue weighted by atomic mass is 16.3. The van der Waals surface area contributed by atoms with Crippen molar-refractivity contribution in [2.45, 2.75) is 44.4 Å². The van der Waals surface area contributed by atoms with E-state index < -0.39 is 6.23 Å². The molecule has 0 spiro atoms. The number of nitriles is 1. The Morgan fingerprint density at radius 1 is 1.40 bits per heavy atom. The molecule has 25 heavy (non-hydrogen) atoms. The van der Waals surface area contributed by atoms with Crippen LogP contribution in [0, 0.1) is 17.2 Å². The van der Waals surface area contributed by atoms with Crippen LogP contribution in [-0.2, 0) is 0 Å². The number of hydrogen-bond donors (Lipinski definition) is 2. The summed E-state index contributed by atoms with van der Waals surface area (Å²) in [7, 11) is 1.86. The van der Waals surface area contributed by atoms with Crippen molar-refractivity contribution >= 4 is 16.6 Å². The van der Waals surface area contributed by atoms with E-state index in [4.69, 9.17) is 0 Å². The first-order valence-electron chi connectivity index (χ1n) is 8.77. The standard InChI is InChI=1S/C18H22N6O/c1-23-18(25)14(16-13-7-9-20-17(13)22-11-21-16)10-24(23)15(6-8-19)12-4-2-3-5-12/h7,9-12,15,18,25H,2-6H2,1H3,(H,20,21,22). The van der Waals surface area contributed by atoms with Crippen LogP contribution in [0.15, 0.2) is 24.8 Å². The fraction of sp³-hybridized carbons (Fsp3) is 0.500. The molecule has 3 heterocycles. The van der Waals surface area contributed by atoms with Crippen molar-refractivity contribution < 1.29 is 5.11 Å². The predicted octanol–water partition coefficient (Wildman–Crippen LogP) is 2.25. The van der Waals surface area contributed by atoms with Gasteiger partial charge >= 0.3 is 0 Å². The summed E-state index contributed by atoms with van der Waals surface area (Å²) in [6.45, 7) is 0. The number of nitrogens with one attached hydrogen (secondary N) is 1. The second-order valence-corrected chi connectivity index (χ2v) is 6.85. The highest BCUT2D eigenvalue weighted by molar-refractivity contribution is 5.89. The average Bonchev–Trinajstić information content (AvgIpc) is 3.35. The Labute approximate surface area is 146 Å². The molecule has 7 nitrogen and oxygen atoms in total. The Morgan fingerprint density at radius 3 is 2.96 bits per heavy atom. The zero-order valence-corrected chi connectivity index (χ0v) is 14.3. The third-order valence-electron chi connectivity index (χ3n) is 5.48. The molecule has 1 aliphatic carbocycles. The Balaban J connectivity index is 1.72. The molecular formula is C18H22N6O. The van der Waals surface area contributed by atoms with Crippen molar-refractivity contribution in [3.63, 3.8) is 0 Å². The Hall–Kier alpha value is -2.43. The maximum Gasteiger partial charge on any atom is 0.153 e. The third-order valence-corrected chi connectivity index (χ3v) is 5.48. The van der Waals surface area contributed by atoms with E-state index in [-0.39, 0.29) is 6.04 Å². The Morgan fingerprint density at radius 2 is 2.20 bits per heavy atom. The number of hydrazine groups is 1. The molecule has 130 valence electrons. The van der Waals surface area contributed by atoms with Gasteiger partial charge in [-0.15, -0.1) is 0 Å². The summed E-state index contributed by atoms with van der Waals surface area (Å²) in [5.74, 6) is 0.488. The minimum Gasteiger partial charge on any atom is -0.372 e. The van der Waals surface area contributed by atoms with Gasteiger partial charge in [0.2, 0.25) is 0 Å². The van der Waals surface area contributed by atoms with Crippen molar-refractivity contribution in [3.05, 3.63) is 30.5 Å². The number of hydrogen-bond acceptors (Lipinski definition) is 6. The number of rotatable bonds is 4. The van der Waals surface area contributed by atoms with E-state index in [0.717, 1.165) is 35.1 Å². The van der Waals surface area contributed by atoms with Crippen LogP contribution in [-0.4, -0.2) is 49.4 Å². The maximum atomic E-state index is 10.8. The molecule has 0 bridgehead atoms. The van der Waals surface area contributed by atoms with Crippen LogP contribution in [0.4, 0.5) is 0 Å². The summed E-state index contributed by atoms with van der Waals surface area (Å²) in [5, 5.41) is 24.9. The summed E-state index contributed by atoms with van der Waals surface area (Å²) in [4.78, 5) is 11.7. The van der Waals surface area contributed by atoms with Crippen LogP contribution < -0.4 is 0 Å². The smallest absolute Gasteiger partial charge is 0.153 e. The lowest BCUT2D eigenvalue weighted by Crippen LogP contribution is -2.46. The Kier molecular flexibility index (Phi) is 4.15. The van der Waals surface area contributed by atoms with Gasteiger partial charge in [0.1, 0.15) is 12.0 Å². The van der Waals surface area contributed by atoms with Crippen LogP contribution in [0.2, 0.25) is 0 Å². The highest BCUT2D eigenvalue weighted by Crippen LogP contribution is 2.37. The first kappa shape index (κ1) is 16.1. The normalized spacial score (nSPS) is 23.2. The third kappa shape index (κ3) is 2.68. The van der Waals surface area contributed by atoms with Crippen molar-refractivity contribution in [2.24, 2.45) is 5.92 Å². The number of H-pyrrole nitrogens is 1. The topological polar surface area (TPSA) is 92.1 Å². The predicted molar refractivity (Wildman–Crippen MR) is 93.5 cm³/mol. The van der Waals surface area contributed by atoms with Crippen LogP contribution in [0.25, 0.3) is 16.6 Å². The van der Waals surface area contributed by atoms with Gasteiger partial charge in [-0.2, -0.15) is 10.3 Å². The summed E-state index contributed by atoms with van der Waals surface area (Å²) in [6, 6.07) is 4.34. The number of nitrogens with zero attached hydrogens (tertiary/aromatic N) is 5. The van der Waals surface area contributed by atoms with Gasteiger partial charge in [-0.3, -0.25) is 0 Å². The van der Waals surface area contributed by atoms with E-state index in [0.29, 0.717) is 12.3 Å². The number of aromatic nitrogens is 3. The van der Waals surface area contributed by atoms with E-state index in [1.807, 2.05) is 35.5 Å². The molecule has 2 atom stereocenters. The van der Waals surface area contributed by atoms with Gasteiger partial charge in [0.05, 0.1) is 24.2 Å². The lowest BCUT2D eigenvalue weighted by atomic mass is 9.95. The van der Waals surface area contributed by atoms with E-state index in [2.05, 4.69) is 21.0 Å². The molecule has 0 radical (unpaired) electrons. The molecule has 1 saturated carbocycles. The first-order valence-corrected chi connectivity index (χ1v) is 8.77. The van der Waals surface area contributed by atoms with Gasteiger partial charge in [-0.05, 0) is 24.8 Å². The lowest BCUT2D eigenvalue weighted by Gasteiger charge is -2.37. The van der Waals surface area contributed by atoms with Crippen molar-refractivity contribution in [3.8, 4) is 6.07 Å². The van der Waals surface area contributed by atoms with E-state index in [9.17, 15) is 10.4 Å². The summed E-state index contributed by atoms with van der Waals surface area (Å²) in [5.41, 5.74) is 2.23. The minimum absolute atomic E-state index is 0.0909. The first-order chi connectivity index (χ1) is 12.2. The van der Waals surface area contributed by atoms with E-state index >= 15 is 0 Å². The molecule has 4 rings (SSSR count). The second-order valence-electron chi connectivity index (χ2n) is 6.85. The number of fused-ring (bicyclic) bond motifs is 1. The number of aliphatic hydroxyl groups excluding tert-OH is 1. The molecule has 2 N–H and O–H groups in total. The molecule has 2 unspecified atom stereocenters. The van der Waals surface area contributed by atoms with Gasteiger partial charge in [0, 0.05) is 30.4 Å². The van der Waals surface area contributed by atoms with Gasteiger partial charge in [0.15, 0.2) is 6.23 Å². The van der Waals surface area contributed by atoms with Crippen LogP contribution in [0.5, 0.6) is 0 Å². The zero-order chi connectivity index (χ0) is 17.4. The van der Waals surface area contributed by atoms with Gasteiger partial charge in [-0.1, -0.05) is 12.8 Å². The SMILES string of the molecule is CN1C(O)C(c2ncnc3[nH]ccc23)=CN1C(CC#N)C1CCCC1. The molecule has 7 heteroatoms. The molecule has 0 amide bonds. The van der Waals surface area contributed by atoms with Crippen molar-refractivity contribution in [1.82, 2.24) is 25.0 Å². The summed E-state index contributed by atoms with van der Waals surface area (Å²) >= 11 is 0. The van der Waals surface area contributed by atoms with Gasteiger partial charge in [0.25, 0.3) is 0 Å². The molecular weight excluding hydrogens is 316 g/mol. The van der Waals surface area contributed by atoms with Crippen molar-refractivity contribution in [1.29, 1.82) is 5.26 Å². The monoisotopic (exact) mass is 338 g/mol. The fourth-order valence-corrected chi connectivity index (χ4v) is 4.16. The van der Waals surface area contributed by atoms with E-state index in [1.165, 1.54) is 19.2 Å². The molecule has 1 fully saturated rings.